The Morgan fingerprint density at radius 2 is 1.10 bits per heavy atom. The number of fused-ring (bicyclic) bond motifs is 2. The Morgan fingerprint density at radius 3 is 1.63 bits per heavy atom. The van der Waals surface area contributed by atoms with Crippen molar-refractivity contribution in [2.75, 3.05) is 6.54 Å². The van der Waals surface area contributed by atoms with E-state index in [0.717, 1.165) is 27.6 Å². The minimum atomic E-state index is -0.717. The summed E-state index contributed by atoms with van der Waals surface area (Å²) in [5.41, 5.74) is 5.26. The highest BCUT2D eigenvalue weighted by Crippen LogP contribution is 2.30. The molecule has 0 aliphatic carbocycles. The van der Waals surface area contributed by atoms with E-state index in [1.165, 1.54) is 19.1 Å². The van der Waals surface area contributed by atoms with Crippen molar-refractivity contribution in [3.8, 4) is 11.5 Å². The lowest BCUT2D eigenvalue weighted by Gasteiger charge is -2.17. The molecule has 2 heterocycles. The van der Waals surface area contributed by atoms with Crippen molar-refractivity contribution in [2.24, 2.45) is 0 Å². The summed E-state index contributed by atoms with van der Waals surface area (Å²) in [6, 6.07) is 43.0. The number of ether oxygens (including phenoxy) is 2. The molecule has 5 aromatic carbocycles. The van der Waals surface area contributed by atoms with Crippen molar-refractivity contribution >= 4 is 27.6 Å². The van der Waals surface area contributed by atoms with Gasteiger partial charge in [0.15, 0.2) is 5.78 Å². The third kappa shape index (κ3) is 9.08. The molecule has 9 nitrogen and oxygen atoms in total. The Kier molecular flexibility index (Phi) is 11.7. The predicted molar refractivity (Wildman–Crippen MR) is 204 cm³/mol. The van der Waals surface area contributed by atoms with Crippen LogP contribution >= 0.6 is 0 Å². The lowest BCUT2D eigenvalue weighted by atomic mass is 10.0. The van der Waals surface area contributed by atoms with Crippen molar-refractivity contribution in [3.63, 3.8) is 0 Å². The second kappa shape index (κ2) is 17.1. The first kappa shape index (κ1) is 35.5. The van der Waals surface area contributed by atoms with Gasteiger partial charge >= 0.3 is 0 Å². The number of benzene rings is 5. The number of pyridine rings is 2. The van der Waals surface area contributed by atoms with Gasteiger partial charge in [0.25, 0.3) is 0 Å². The zero-order valence-electron chi connectivity index (χ0n) is 28.7. The molecule has 0 fully saturated rings. The first-order valence-corrected chi connectivity index (χ1v) is 16.9. The second-order valence-electron chi connectivity index (χ2n) is 12.2. The van der Waals surface area contributed by atoms with E-state index in [1.54, 1.807) is 30.3 Å². The summed E-state index contributed by atoms with van der Waals surface area (Å²) in [4.78, 5) is 40.8. The molecular formula is C43H39N3O6. The second-order valence-corrected chi connectivity index (χ2v) is 12.2. The Balaban J connectivity index is 0.000000187. The molecule has 0 aliphatic rings. The third-order valence-electron chi connectivity index (χ3n) is 8.47. The maximum Gasteiger partial charge on any atom is 0.248 e. The highest BCUT2D eigenvalue weighted by atomic mass is 16.5. The van der Waals surface area contributed by atoms with Crippen LogP contribution in [-0.4, -0.2) is 27.4 Å². The maximum absolute atomic E-state index is 11.9. The van der Waals surface area contributed by atoms with E-state index in [9.17, 15) is 19.5 Å². The van der Waals surface area contributed by atoms with Crippen molar-refractivity contribution in [1.82, 2.24) is 15.3 Å². The van der Waals surface area contributed by atoms with Crippen molar-refractivity contribution in [1.29, 1.82) is 0 Å². The number of aromatic nitrogens is 2. The van der Waals surface area contributed by atoms with Gasteiger partial charge in [-0.15, -0.1) is 0 Å². The van der Waals surface area contributed by atoms with Crippen molar-refractivity contribution < 1.29 is 19.4 Å². The zero-order valence-corrected chi connectivity index (χ0v) is 28.7. The molecular weight excluding hydrogens is 654 g/mol. The van der Waals surface area contributed by atoms with Crippen LogP contribution < -0.4 is 25.9 Å². The Morgan fingerprint density at radius 1 is 0.615 bits per heavy atom. The number of rotatable bonds is 12. The lowest BCUT2D eigenvalue weighted by Crippen LogP contribution is -2.21. The van der Waals surface area contributed by atoms with Gasteiger partial charge in [0.2, 0.25) is 11.1 Å². The molecule has 262 valence electrons. The molecule has 7 aromatic rings. The number of carbonyl (C=O) groups is 1. The van der Waals surface area contributed by atoms with Crippen LogP contribution in [0.3, 0.4) is 0 Å². The highest BCUT2D eigenvalue weighted by Gasteiger charge is 2.15. The lowest BCUT2D eigenvalue weighted by molar-refractivity contribution is 0.101. The van der Waals surface area contributed by atoms with Crippen LogP contribution in [0.25, 0.3) is 21.8 Å². The van der Waals surface area contributed by atoms with E-state index in [1.807, 2.05) is 97.1 Å². The van der Waals surface area contributed by atoms with Gasteiger partial charge in [-0.05, 0) is 59.5 Å². The van der Waals surface area contributed by atoms with E-state index in [2.05, 4.69) is 15.3 Å². The number of aliphatic hydroxyl groups is 1. The molecule has 0 amide bonds. The number of aromatic amines is 2. The normalized spacial score (nSPS) is 11.4. The first-order chi connectivity index (χ1) is 25.4. The van der Waals surface area contributed by atoms with Gasteiger partial charge in [-0.3, -0.25) is 14.4 Å². The van der Waals surface area contributed by atoms with E-state index in [-0.39, 0.29) is 16.9 Å². The van der Waals surface area contributed by atoms with Crippen LogP contribution in [0.5, 0.6) is 11.5 Å². The molecule has 9 heteroatoms. The van der Waals surface area contributed by atoms with Crippen LogP contribution in [0.4, 0.5) is 0 Å². The summed E-state index contributed by atoms with van der Waals surface area (Å²) < 4.78 is 11.8. The number of aliphatic hydroxyl groups excluding tert-OH is 1. The van der Waals surface area contributed by atoms with E-state index < -0.39 is 6.10 Å². The van der Waals surface area contributed by atoms with Crippen molar-refractivity contribution in [2.45, 2.75) is 32.8 Å². The number of hydrogen-bond donors (Lipinski definition) is 4. The molecule has 4 N–H and O–H groups in total. The maximum atomic E-state index is 11.9. The standard InChI is InChI=1S/C25H24N2O3.C18H15NO3/c28-22(16-26-15-18-7-3-1-4-8-18)20-11-13-23(25-21(20)12-14-24(29)27-25)30-17-19-9-5-2-6-10-19;1-12(20)14-7-9-16(18-15(14)8-10-17(21)19-18)22-11-13-5-3-2-4-6-13/h1-14,22,26,28H,15-17H2,(H,27,29);2-10H,11H2,1H3,(H,19,21). The molecule has 0 bridgehead atoms. The fraction of sp³-hybridized carbons (Fsp3) is 0.140. The molecule has 0 aliphatic heterocycles. The quantitative estimate of drug-likeness (QED) is 0.0992. The van der Waals surface area contributed by atoms with Crippen LogP contribution in [0, 0.1) is 0 Å². The molecule has 2 aromatic heterocycles. The van der Waals surface area contributed by atoms with Gasteiger partial charge in [0, 0.05) is 41.6 Å². The van der Waals surface area contributed by atoms with Crippen molar-refractivity contribution in [3.05, 3.63) is 188 Å². The number of nitrogens with one attached hydrogen (secondary N) is 3. The number of carbonyl (C=O) groups excluding carboxylic acids is 1. The summed E-state index contributed by atoms with van der Waals surface area (Å²) >= 11 is 0. The summed E-state index contributed by atoms with van der Waals surface area (Å²) in [5, 5.41) is 15.5. The third-order valence-corrected chi connectivity index (χ3v) is 8.47. The fourth-order valence-corrected chi connectivity index (χ4v) is 5.84. The first-order valence-electron chi connectivity index (χ1n) is 16.9. The fourth-order valence-electron chi connectivity index (χ4n) is 5.84. The van der Waals surface area contributed by atoms with Gasteiger partial charge in [0.1, 0.15) is 24.7 Å². The van der Waals surface area contributed by atoms with E-state index >= 15 is 0 Å². The molecule has 0 spiro atoms. The summed E-state index contributed by atoms with van der Waals surface area (Å²) in [6.45, 7) is 3.36. The topological polar surface area (TPSA) is 134 Å². The summed E-state index contributed by atoms with van der Waals surface area (Å²) in [7, 11) is 0. The van der Waals surface area contributed by atoms with Crippen LogP contribution in [-0.2, 0) is 19.8 Å². The molecule has 0 saturated carbocycles. The minimum Gasteiger partial charge on any atom is -0.487 e. The van der Waals surface area contributed by atoms with E-state index in [0.29, 0.717) is 59.8 Å². The number of H-pyrrole nitrogens is 2. The minimum absolute atomic E-state index is 0.0494. The highest BCUT2D eigenvalue weighted by molar-refractivity contribution is 6.07. The molecule has 52 heavy (non-hydrogen) atoms. The average molecular weight is 694 g/mol. The predicted octanol–water partition coefficient (Wildman–Crippen LogP) is 7.24. The monoisotopic (exact) mass is 693 g/mol. The smallest absolute Gasteiger partial charge is 0.248 e. The van der Waals surface area contributed by atoms with Crippen LogP contribution in [0.15, 0.2) is 149 Å². The van der Waals surface area contributed by atoms with Gasteiger partial charge in [-0.25, -0.2) is 0 Å². The number of hydrogen-bond acceptors (Lipinski definition) is 7. The molecule has 1 atom stereocenters. The summed E-state index contributed by atoms with van der Waals surface area (Å²) in [5.74, 6) is 1.09. The zero-order chi connectivity index (χ0) is 36.3. The van der Waals surface area contributed by atoms with Crippen LogP contribution in [0.1, 0.15) is 45.6 Å². The van der Waals surface area contributed by atoms with E-state index in [4.69, 9.17) is 9.47 Å². The molecule has 7 rings (SSSR count). The molecule has 0 radical (unpaired) electrons. The number of ketones is 1. The summed E-state index contributed by atoms with van der Waals surface area (Å²) in [6.07, 6.45) is -0.717. The SMILES string of the molecule is CC(=O)c1ccc(OCc2ccccc2)c2[nH]c(=O)ccc12.O=c1ccc2c(C(O)CNCc3ccccc3)ccc(OCc3ccccc3)c2[nH]1. The van der Waals surface area contributed by atoms with Gasteiger partial charge in [-0.1, -0.05) is 97.1 Å². The van der Waals surface area contributed by atoms with Gasteiger partial charge < -0.3 is 29.9 Å². The Bertz CT molecular complexity index is 2380. The Hall–Kier alpha value is -6.29. The van der Waals surface area contributed by atoms with Gasteiger partial charge in [0.05, 0.1) is 17.1 Å². The Labute approximate surface area is 300 Å². The van der Waals surface area contributed by atoms with Crippen LogP contribution in [0.2, 0.25) is 0 Å². The van der Waals surface area contributed by atoms with Gasteiger partial charge in [-0.2, -0.15) is 0 Å². The number of Topliss-reactive ketones (excluding diaryl/α,β-unsaturated/α-hetero) is 1. The largest absolute Gasteiger partial charge is 0.487 e. The average Bonchev–Trinajstić information content (AvgIpc) is 3.17. The molecule has 0 saturated heterocycles. The molecule has 1 unspecified atom stereocenters.